The zero-order chi connectivity index (χ0) is 20.0. The van der Waals surface area contributed by atoms with Gasteiger partial charge < -0.3 is 30.2 Å². The van der Waals surface area contributed by atoms with Crippen molar-refractivity contribution in [2.75, 3.05) is 17.7 Å². The van der Waals surface area contributed by atoms with Crippen LogP contribution in [-0.4, -0.2) is 44.5 Å². The lowest BCUT2D eigenvalue weighted by Gasteiger charge is -2.20. The Morgan fingerprint density at radius 3 is 3.14 bits per heavy atom. The molecule has 29 heavy (non-hydrogen) atoms. The zero-order valence-electron chi connectivity index (χ0n) is 16.0. The number of rotatable bonds is 4. The summed E-state index contributed by atoms with van der Waals surface area (Å²) >= 11 is 0. The molecule has 0 bridgehead atoms. The fourth-order valence-electron chi connectivity index (χ4n) is 3.91. The molecule has 0 aliphatic carbocycles. The Balaban J connectivity index is 1.28. The van der Waals surface area contributed by atoms with E-state index in [1.165, 1.54) is 6.33 Å². The number of nitrogens with one attached hydrogen (secondary N) is 1. The fourth-order valence-corrected chi connectivity index (χ4v) is 3.91. The van der Waals surface area contributed by atoms with Crippen LogP contribution in [-0.2, 0) is 4.74 Å². The van der Waals surface area contributed by atoms with Crippen molar-refractivity contribution in [2.45, 2.75) is 37.8 Å². The van der Waals surface area contributed by atoms with E-state index < -0.39 is 12.3 Å². The van der Waals surface area contributed by atoms with Gasteiger partial charge in [-0.1, -0.05) is 12.2 Å². The lowest BCUT2D eigenvalue weighted by molar-refractivity contribution is -0.0454. The minimum Gasteiger partial charge on any atom is -0.491 e. The summed E-state index contributed by atoms with van der Waals surface area (Å²) in [6, 6.07) is 8.10. The molecule has 4 atom stereocenters. The molecule has 2 aromatic heterocycles. The van der Waals surface area contributed by atoms with Gasteiger partial charge in [-0.2, -0.15) is 0 Å². The van der Waals surface area contributed by atoms with Crippen molar-refractivity contribution in [3.05, 3.63) is 48.4 Å². The van der Waals surface area contributed by atoms with Crippen molar-refractivity contribution >= 4 is 28.6 Å². The van der Waals surface area contributed by atoms with Gasteiger partial charge in [-0.15, -0.1) is 0 Å². The Hall–Kier alpha value is -3.10. The SMILES string of the molecule is CC1C=Cc2ccc(OC[C@@H]3C[C@@H](O)[C@H](n4ccc5c(N)ncnc54)O3)cc2N1. The van der Waals surface area contributed by atoms with Gasteiger partial charge in [-0.05, 0) is 30.7 Å². The van der Waals surface area contributed by atoms with Crippen molar-refractivity contribution in [3.63, 3.8) is 0 Å². The monoisotopic (exact) mass is 393 g/mol. The summed E-state index contributed by atoms with van der Waals surface area (Å²) in [6.07, 6.45) is 6.52. The summed E-state index contributed by atoms with van der Waals surface area (Å²) < 4.78 is 13.8. The van der Waals surface area contributed by atoms with E-state index in [4.69, 9.17) is 15.2 Å². The number of aliphatic hydroxyl groups is 1. The molecule has 8 heteroatoms. The number of aromatic nitrogens is 3. The lowest BCUT2D eigenvalue weighted by atomic mass is 10.1. The topological polar surface area (TPSA) is 107 Å². The molecule has 8 nitrogen and oxygen atoms in total. The van der Waals surface area contributed by atoms with E-state index in [0.717, 1.165) is 22.4 Å². The summed E-state index contributed by atoms with van der Waals surface area (Å²) in [6.45, 7) is 2.46. The minimum atomic E-state index is -0.661. The Labute approximate surface area is 168 Å². The van der Waals surface area contributed by atoms with E-state index in [1.807, 2.05) is 30.5 Å². The van der Waals surface area contributed by atoms with Crippen LogP contribution in [0.25, 0.3) is 17.1 Å². The maximum atomic E-state index is 10.6. The normalized spacial score (nSPS) is 25.7. The molecule has 1 saturated heterocycles. The molecule has 1 fully saturated rings. The first-order valence-corrected chi connectivity index (χ1v) is 9.70. The second-order valence-corrected chi connectivity index (χ2v) is 7.52. The number of aliphatic hydroxyl groups excluding tert-OH is 1. The molecule has 0 spiro atoms. The number of anilines is 2. The molecule has 4 N–H and O–H groups in total. The second kappa shape index (κ2) is 7.06. The molecule has 5 rings (SSSR count). The zero-order valence-corrected chi connectivity index (χ0v) is 16.0. The minimum absolute atomic E-state index is 0.227. The highest BCUT2D eigenvalue weighted by Crippen LogP contribution is 2.33. The van der Waals surface area contributed by atoms with Crippen molar-refractivity contribution in [2.24, 2.45) is 0 Å². The van der Waals surface area contributed by atoms with E-state index in [1.54, 1.807) is 4.57 Å². The molecular formula is C21H23N5O3. The average molecular weight is 393 g/mol. The smallest absolute Gasteiger partial charge is 0.161 e. The van der Waals surface area contributed by atoms with Crippen molar-refractivity contribution in [3.8, 4) is 5.75 Å². The molecule has 150 valence electrons. The standard InChI is InChI=1S/C21H23N5O3/c1-12-2-3-13-4-5-14(8-17(13)25-12)28-10-15-9-18(27)21(29-15)26-7-6-16-19(22)23-11-24-20(16)26/h2-8,11-12,15,18,21,25,27H,9-10H2,1H3,(H2,22,23,24)/t12?,15-,18+,21+/m0/s1. The van der Waals surface area contributed by atoms with Gasteiger partial charge in [-0.25, -0.2) is 9.97 Å². The molecular weight excluding hydrogens is 370 g/mol. The number of nitrogens with zero attached hydrogens (tertiary/aromatic N) is 3. The number of nitrogens with two attached hydrogens (primary N) is 1. The number of benzene rings is 1. The third kappa shape index (κ3) is 3.30. The number of hydrogen-bond acceptors (Lipinski definition) is 7. The Morgan fingerprint density at radius 2 is 2.24 bits per heavy atom. The van der Waals surface area contributed by atoms with Gasteiger partial charge in [-0.3, -0.25) is 0 Å². The molecule has 0 radical (unpaired) electrons. The van der Waals surface area contributed by atoms with Gasteiger partial charge in [0.05, 0.1) is 11.5 Å². The summed E-state index contributed by atoms with van der Waals surface area (Å²) in [5.74, 6) is 1.18. The second-order valence-electron chi connectivity index (χ2n) is 7.52. The van der Waals surface area contributed by atoms with Crippen molar-refractivity contribution in [1.29, 1.82) is 0 Å². The fraction of sp³-hybridized carbons (Fsp3) is 0.333. The van der Waals surface area contributed by atoms with E-state index in [9.17, 15) is 5.11 Å². The number of fused-ring (bicyclic) bond motifs is 2. The molecule has 4 heterocycles. The quantitative estimate of drug-likeness (QED) is 0.625. The largest absolute Gasteiger partial charge is 0.491 e. The maximum absolute atomic E-state index is 10.6. The maximum Gasteiger partial charge on any atom is 0.161 e. The Morgan fingerprint density at radius 1 is 1.34 bits per heavy atom. The van der Waals surface area contributed by atoms with Gasteiger partial charge in [0.1, 0.15) is 36.3 Å². The van der Waals surface area contributed by atoms with Crippen LogP contribution in [0.4, 0.5) is 11.5 Å². The van der Waals surface area contributed by atoms with Gasteiger partial charge in [0.2, 0.25) is 0 Å². The molecule has 0 saturated carbocycles. The van der Waals surface area contributed by atoms with Crippen LogP contribution in [0, 0.1) is 0 Å². The molecule has 0 amide bonds. The van der Waals surface area contributed by atoms with Crippen LogP contribution < -0.4 is 15.8 Å². The van der Waals surface area contributed by atoms with Crippen LogP contribution in [0.15, 0.2) is 42.9 Å². The van der Waals surface area contributed by atoms with E-state index in [0.29, 0.717) is 30.5 Å². The Kier molecular flexibility index (Phi) is 4.37. The number of hydrogen-bond donors (Lipinski definition) is 3. The van der Waals surface area contributed by atoms with Crippen LogP contribution in [0.1, 0.15) is 25.1 Å². The highest BCUT2D eigenvalue weighted by molar-refractivity contribution is 5.86. The highest BCUT2D eigenvalue weighted by Gasteiger charge is 2.36. The lowest BCUT2D eigenvalue weighted by Crippen LogP contribution is -2.20. The molecule has 1 aromatic carbocycles. The third-order valence-electron chi connectivity index (χ3n) is 5.39. The van der Waals surface area contributed by atoms with Crippen LogP contribution >= 0.6 is 0 Å². The number of ether oxygens (including phenoxy) is 2. The summed E-state index contributed by atoms with van der Waals surface area (Å²) in [4.78, 5) is 8.28. The molecule has 2 aliphatic rings. The highest BCUT2D eigenvalue weighted by atomic mass is 16.6. The Bertz CT molecular complexity index is 1080. The third-order valence-corrected chi connectivity index (χ3v) is 5.39. The average Bonchev–Trinajstić information content (AvgIpc) is 3.30. The summed E-state index contributed by atoms with van der Waals surface area (Å²) in [5.41, 5.74) is 8.74. The molecule has 3 aromatic rings. The van der Waals surface area contributed by atoms with Crippen LogP contribution in [0.2, 0.25) is 0 Å². The first-order valence-electron chi connectivity index (χ1n) is 9.70. The molecule has 2 aliphatic heterocycles. The van der Waals surface area contributed by atoms with Gasteiger partial charge in [0.15, 0.2) is 6.23 Å². The van der Waals surface area contributed by atoms with Crippen LogP contribution in [0.5, 0.6) is 5.75 Å². The molecule has 1 unspecified atom stereocenters. The van der Waals surface area contributed by atoms with Gasteiger partial charge in [0, 0.05) is 30.4 Å². The van der Waals surface area contributed by atoms with Crippen molar-refractivity contribution < 1.29 is 14.6 Å². The van der Waals surface area contributed by atoms with Crippen molar-refractivity contribution in [1.82, 2.24) is 14.5 Å². The first-order chi connectivity index (χ1) is 14.1. The summed E-state index contributed by atoms with van der Waals surface area (Å²) in [7, 11) is 0. The van der Waals surface area contributed by atoms with E-state index >= 15 is 0 Å². The van der Waals surface area contributed by atoms with E-state index in [-0.39, 0.29) is 6.10 Å². The predicted molar refractivity (Wildman–Crippen MR) is 111 cm³/mol. The van der Waals surface area contributed by atoms with Gasteiger partial charge >= 0.3 is 0 Å². The number of nitrogen functional groups attached to an aromatic ring is 1. The predicted octanol–water partition coefficient (Wildman–Crippen LogP) is 2.57. The first kappa shape index (κ1) is 18.0. The van der Waals surface area contributed by atoms with E-state index in [2.05, 4.69) is 34.4 Å². The summed E-state index contributed by atoms with van der Waals surface area (Å²) in [5, 5.41) is 14.7. The van der Waals surface area contributed by atoms with Crippen LogP contribution in [0.3, 0.4) is 0 Å². The van der Waals surface area contributed by atoms with Gasteiger partial charge in [0.25, 0.3) is 0 Å².